The van der Waals surface area contributed by atoms with Crippen molar-refractivity contribution in [1.82, 2.24) is 0 Å². The van der Waals surface area contributed by atoms with Crippen LogP contribution in [0.4, 0.5) is 0 Å². The molecule has 0 spiro atoms. The molecule has 0 saturated carbocycles. The van der Waals surface area contributed by atoms with Crippen molar-refractivity contribution >= 4 is 0 Å². The summed E-state index contributed by atoms with van der Waals surface area (Å²) < 4.78 is 15.2. The van der Waals surface area contributed by atoms with E-state index in [1.807, 2.05) is 0 Å². The van der Waals surface area contributed by atoms with Crippen LogP contribution in [0.25, 0.3) is 0 Å². The van der Waals surface area contributed by atoms with Gasteiger partial charge in [0.1, 0.15) is 42.7 Å². The van der Waals surface area contributed by atoms with Gasteiger partial charge in [-0.3, -0.25) is 0 Å². The van der Waals surface area contributed by atoms with Gasteiger partial charge >= 0.3 is 0 Å². The summed E-state index contributed by atoms with van der Waals surface area (Å²) >= 11 is 0. The summed E-state index contributed by atoms with van der Waals surface area (Å²) in [6.45, 7) is -2.05. The highest BCUT2D eigenvalue weighted by Gasteiger charge is 2.53. The Hall–Kier alpha value is -0.440. The van der Waals surface area contributed by atoms with E-state index in [1.165, 1.54) is 0 Å². The van der Waals surface area contributed by atoms with Gasteiger partial charge in [0.2, 0.25) is 5.79 Å². The molecule has 0 unspecified atom stereocenters. The number of hydrogen-bond donors (Lipinski definition) is 8. The predicted octanol–water partition coefficient (Wildman–Crippen LogP) is -5.40. The Morgan fingerprint density at radius 2 is 1.52 bits per heavy atom. The summed E-state index contributed by atoms with van der Waals surface area (Å²) in [5, 5.41) is 76.1. The summed E-state index contributed by atoms with van der Waals surface area (Å²) in [5.41, 5.74) is 0. The van der Waals surface area contributed by atoms with Crippen LogP contribution in [0.15, 0.2) is 0 Å². The smallest absolute Gasteiger partial charge is 0.219 e. The lowest BCUT2D eigenvalue weighted by atomic mass is 9.99. The third kappa shape index (κ3) is 3.50. The standard InChI is InChI=1S/C12H22O11/c13-1-4-6(15)8(17)9(18)11(22-4)21-2-5-7(16)10(19)12(20,3-14)23-5/h4-11,13-20H,1-3H2/t4-,5-,6-,7-,8+,9-,10-,11+,12-/m1/s1. The lowest BCUT2D eigenvalue weighted by molar-refractivity contribution is -0.310. The van der Waals surface area contributed by atoms with Crippen LogP contribution in [0.5, 0.6) is 0 Å². The average molecular weight is 342 g/mol. The molecule has 9 atom stereocenters. The first-order valence-electron chi connectivity index (χ1n) is 7.04. The van der Waals surface area contributed by atoms with Gasteiger partial charge in [-0.05, 0) is 0 Å². The van der Waals surface area contributed by atoms with Gasteiger partial charge in [-0.2, -0.15) is 0 Å². The summed E-state index contributed by atoms with van der Waals surface area (Å²) in [7, 11) is 0. The molecule has 2 heterocycles. The van der Waals surface area contributed by atoms with E-state index in [9.17, 15) is 30.6 Å². The van der Waals surface area contributed by atoms with E-state index >= 15 is 0 Å². The molecule has 11 nitrogen and oxygen atoms in total. The van der Waals surface area contributed by atoms with Crippen LogP contribution in [0, 0.1) is 0 Å². The minimum Gasteiger partial charge on any atom is -0.394 e. The number of aliphatic hydroxyl groups is 8. The maximum Gasteiger partial charge on any atom is 0.219 e. The zero-order valence-electron chi connectivity index (χ0n) is 12.0. The molecule has 136 valence electrons. The van der Waals surface area contributed by atoms with Gasteiger partial charge in [0.05, 0.1) is 19.8 Å². The normalized spacial score (nSPS) is 51.1. The molecule has 2 fully saturated rings. The highest BCUT2D eigenvalue weighted by molar-refractivity contribution is 4.95. The Kier molecular flexibility index (Phi) is 5.92. The molecule has 2 aliphatic heterocycles. The van der Waals surface area contributed by atoms with Crippen molar-refractivity contribution in [3.8, 4) is 0 Å². The van der Waals surface area contributed by atoms with Gasteiger partial charge in [-0.15, -0.1) is 0 Å². The van der Waals surface area contributed by atoms with Crippen molar-refractivity contribution in [3.63, 3.8) is 0 Å². The van der Waals surface area contributed by atoms with Gasteiger partial charge in [-0.1, -0.05) is 0 Å². The molecule has 0 aromatic carbocycles. The molecule has 0 amide bonds. The second kappa shape index (κ2) is 7.21. The van der Waals surface area contributed by atoms with Crippen LogP contribution in [0.2, 0.25) is 0 Å². The minimum atomic E-state index is -2.34. The molecule has 0 aromatic rings. The van der Waals surface area contributed by atoms with E-state index in [1.54, 1.807) is 0 Å². The zero-order chi connectivity index (χ0) is 17.4. The Morgan fingerprint density at radius 1 is 0.870 bits per heavy atom. The van der Waals surface area contributed by atoms with Crippen molar-refractivity contribution in [3.05, 3.63) is 0 Å². The monoisotopic (exact) mass is 342 g/mol. The Bertz CT molecular complexity index is 393. The van der Waals surface area contributed by atoms with E-state index < -0.39 is 74.6 Å². The first-order valence-corrected chi connectivity index (χ1v) is 7.04. The highest BCUT2D eigenvalue weighted by atomic mass is 16.7. The van der Waals surface area contributed by atoms with Gasteiger partial charge in [0, 0.05) is 0 Å². The third-order valence-corrected chi connectivity index (χ3v) is 4.02. The summed E-state index contributed by atoms with van der Waals surface area (Å²) in [5.74, 6) is -2.34. The van der Waals surface area contributed by atoms with Crippen molar-refractivity contribution in [2.45, 2.75) is 54.8 Å². The third-order valence-electron chi connectivity index (χ3n) is 4.02. The molecule has 2 rings (SSSR count). The summed E-state index contributed by atoms with van der Waals surface area (Å²) in [6.07, 6.45) is -12.0. The molecule has 2 saturated heterocycles. The molecular formula is C12H22O11. The first-order chi connectivity index (χ1) is 10.7. The van der Waals surface area contributed by atoms with Crippen LogP contribution in [0.3, 0.4) is 0 Å². The predicted molar refractivity (Wildman–Crippen MR) is 68.6 cm³/mol. The second-order valence-electron chi connectivity index (χ2n) is 5.63. The fourth-order valence-corrected chi connectivity index (χ4v) is 2.53. The minimum absolute atomic E-state index is 0.469. The van der Waals surface area contributed by atoms with E-state index in [4.69, 9.17) is 24.4 Å². The van der Waals surface area contributed by atoms with Crippen LogP contribution in [0.1, 0.15) is 0 Å². The SMILES string of the molecule is OC[C@H]1O[C@H](OC[C@H]2O[C@](O)(CO)[C@H](O)[C@@H]2O)[C@H](O)[C@@H](O)[C@@H]1O. The lowest BCUT2D eigenvalue weighted by Crippen LogP contribution is -2.59. The van der Waals surface area contributed by atoms with Crippen LogP contribution < -0.4 is 0 Å². The molecule has 0 radical (unpaired) electrons. The number of rotatable bonds is 5. The van der Waals surface area contributed by atoms with E-state index in [2.05, 4.69) is 0 Å². The van der Waals surface area contributed by atoms with Crippen LogP contribution >= 0.6 is 0 Å². The molecule has 2 aliphatic rings. The molecule has 0 bridgehead atoms. The molecule has 23 heavy (non-hydrogen) atoms. The summed E-state index contributed by atoms with van der Waals surface area (Å²) in [4.78, 5) is 0. The van der Waals surface area contributed by atoms with Gasteiger partial charge in [-0.25, -0.2) is 0 Å². The fraction of sp³-hybridized carbons (Fsp3) is 1.00. The van der Waals surface area contributed by atoms with E-state index in [0.717, 1.165) is 0 Å². The topological polar surface area (TPSA) is 190 Å². The van der Waals surface area contributed by atoms with Gasteiger partial charge in [0.15, 0.2) is 6.29 Å². The number of ether oxygens (including phenoxy) is 3. The highest BCUT2D eigenvalue weighted by Crippen LogP contribution is 2.30. The average Bonchev–Trinajstić information content (AvgIpc) is 2.77. The Labute approximate surface area is 130 Å². The van der Waals surface area contributed by atoms with Crippen molar-refractivity contribution in [2.24, 2.45) is 0 Å². The van der Waals surface area contributed by atoms with Crippen LogP contribution in [-0.4, -0.2) is 115 Å². The molecule has 0 aromatic heterocycles. The van der Waals surface area contributed by atoms with Gasteiger partial charge in [0.25, 0.3) is 0 Å². The maximum atomic E-state index is 9.78. The number of hydrogen-bond acceptors (Lipinski definition) is 11. The van der Waals surface area contributed by atoms with Gasteiger partial charge < -0.3 is 55.1 Å². The van der Waals surface area contributed by atoms with Crippen molar-refractivity contribution < 1.29 is 55.1 Å². The fourth-order valence-electron chi connectivity index (χ4n) is 2.53. The zero-order valence-corrected chi connectivity index (χ0v) is 12.0. The van der Waals surface area contributed by atoms with Crippen molar-refractivity contribution in [2.75, 3.05) is 19.8 Å². The molecule has 8 N–H and O–H groups in total. The van der Waals surface area contributed by atoms with E-state index in [0.29, 0.717) is 0 Å². The molecule has 0 aliphatic carbocycles. The summed E-state index contributed by atoms with van der Waals surface area (Å²) in [6, 6.07) is 0. The Morgan fingerprint density at radius 3 is 2.04 bits per heavy atom. The number of aliphatic hydroxyl groups excluding tert-OH is 7. The Balaban J connectivity index is 1.95. The molecule has 11 heteroatoms. The second-order valence-corrected chi connectivity index (χ2v) is 5.63. The lowest BCUT2D eigenvalue weighted by Gasteiger charge is -2.39. The molecular weight excluding hydrogens is 320 g/mol. The van der Waals surface area contributed by atoms with E-state index in [-0.39, 0.29) is 0 Å². The quantitative estimate of drug-likeness (QED) is 0.238. The maximum absolute atomic E-state index is 9.78. The first kappa shape index (κ1) is 18.9. The van der Waals surface area contributed by atoms with Crippen molar-refractivity contribution in [1.29, 1.82) is 0 Å². The van der Waals surface area contributed by atoms with Crippen LogP contribution in [-0.2, 0) is 14.2 Å². The largest absolute Gasteiger partial charge is 0.394 e.